The van der Waals surface area contributed by atoms with E-state index in [2.05, 4.69) is 62.5 Å². The van der Waals surface area contributed by atoms with Gasteiger partial charge in [-0.05, 0) is 61.9 Å². The number of nitrogens with zero attached hydrogens (tertiary/aromatic N) is 5. The summed E-state index contributed by atoms with van der Waals surface area (Å²) in [7, 11) is -0.920. The summed E-state index contributed by atoms with van der Waals surface area (Å²) in [5.74, 6) is 0.837. The van der Waals surface area contributed by atoms with Gasteiger partial charge in [0.2, 0.25) is 0 Å². The first-order valence-electron chi connectivity index (χ1n) is 12.7. The van der Waals surface area contributed by atoms with Gasteiger partial charge in [-0.1, -0.05) is 31.5 Å². The number of anilines is 2. The van der Waals surface area contributed by atoms with Crippen molar-refractivity contribution in [3.8, 4) is 0 Å². The van der Waals surface area contributed by atoms with Crippen molar-refractivity contribution in [2.24, 2.45) is 0 Å². The molecular weight excluding hydrogens is 559 g/mol. The number of aryl methyl sites for hydroxylation is 2. The second-order valence-electron chi connectivity index (χ2n) is 10.5. The SMILES string of the molecule is Cc1cnc(N2CCN(C(P)c3c(NS(=O)(=O)c4ccn(SC(C)C)c4)ccnc3Cl)C3(CC3)C2)c(C)c1. The molecule has 1 aliphatic heterocycles. The highest BCUT2D eigenvalue weighted by Gasteiger charge is 2.53. The lowest BCUT2D eigenvalue weighted by atomic mass is 10.1. The number of sulfonamides is 1. The maximum absolute atomic E-state index is 13.3. The molecule has 2 atom stereocenters. The summed E-state index contributed by atoms with van der Waals surface area (Å²) in [4.78, 5) is 14.1. The molecule has 12 heteroatoms. The second kappa shape index (κ2) is 10.6. The minimum Gasteiger partial charge on any atom is -0.353 e. The molecule has 1 saturated heterocycles. The monoisotopic (exact) mass is 592 g/mol. The third-order valence-corrected chi connectivity index (χ3v) is 10.4. The van der Waals surface area contributed by atoms with E-state index in [1.165, 1.54) is 11.8 Å². The van der Waals surface area contributed by atoms with E-state index >= 15 is 0 Å². The number of halogens is 1. The summed E-state index contributed by atoms with van der Waals surface area (Å²) >= 11 is 8.19. The Morgan fingerprint density at radius 2 is 1.95 bits per heavy atom. The molecule has 2 fully saturated rings. The summed E-state index contributed by atoms with van der Waals surface area (Å²) in [5, 5.41) is 0.628. The Hall–Kier alpha value is -1.84. The average Bonchev–Trinajstić information content (AvgIpc) is 3.41. The van der Waals surface area contributed by atoms with Crippen LogP contribution in [0.3, 0.4) is 0 Å². The molecule has 2 unspecified atom stereocenters. The zero-order chi connectivity index (χ0) is 27.2. The van der Waals surface area contributed by atoms with Gasteiger partial charge < -0.3 is 4.90 Å². The number of hydrogen-bond acceptors (Lipinski definition) is 7. The van der Waals surface area contributed by atoms with E-state index in [0.29, 0.717) is 21.7 Å². The van der Waals surface area contributed by atoms with E-state index in [-0.39, 0.29) is 16.2 Å². The number of nitrogens with one attached hydrogen (secondary N) is 1. The Kier molecular flexibility index (Phi) is 7.74. The highest BCUT2D eigenvalue weighted by Crippen LogP contribution is 2.52. The molecule has 0 radical (unpaired) electrons. The molecule has 8 nitrogen and oxygen atoms in total. The van der Waals surface area contributed by atoms with Crippen molar-refractivity contribution in [2.75, 3.05) is 29.3 Å². The number of aromatic nitrogens is 3. The predicted molar refractivity (Wildman–Crippen MR) is 160 cm³/mol. The van der Waals surface area contributed by atoms with Crippen LogP contribution in [-0.4, -0.2) is 57.7 Å². The fraction of sp³-hybridized carbons (Fsp3) is 0.462. The van der Waals surface area contributed by atoms with Gasteiger partial charge in [0, 0.05) is 60.8 Å². The van der Waals surface area contributed by atoms with Crippen LogP contribution in [0.2, 0.25) is 5.15 Å². The Morgan fingerprint density at radius 3 is 2.63 bits per heavy atom. The molecule has 3 aromatic heterocycles. The molecule has 204 valence electrons. The molecule has 1 saturated carbocycles. The molecule has 1 aliphatic carbocycles. The van der Waals surface area contributed by atoms with Crippen LogP contribution in [0.5, 0.6) is 0 Å². The van der Waals surface area contributed by atoms with Gasteiger partial charge in [0.1, 0.15) is 15.9 Å². The Morgan fingerprint density at radius 1 is 1.18 bits per heavy atom. The first-order valence-corrected chi connectivity index (χ1v) is 16.1. The van der Waals surface area contributed by atoms with Crippen molar-refractivity contribution in [3.63, 3.8) is 0 Å². The van der Waals surface area contributed by atoms with Gasteiger partial charge in [-0.3, -0.25) is 13.6 Å². The Balaban J connectivity index is 1.39. The van der Waals surface area contributed by atoms with Crippen molar-refractivity contribution in [2.45, 2.75) is 62.0 Å². The van der Waals surface area contributed by atoms with E-state index < -0.39 is 10.0 Å². The Bertz CT molecular complexity index is 1440. The summed E-state index contributed by atoms with van der Waals surface area (Å²) < 4.78 is 31.3. The van der Waals surface area contributed by atoms with Gasteiger partial charge >= 0.3 is 0 Å². The first-order chi connectivity index (χ1) is 18.0. The van der Waals surface area contributed by atoms with Gasteiger partial charge in [-0.15, -0.1) is 9.24 Å². The van der Waals surface area contributed by atoms with Crippen molar-refractivity contribution in [1.82, 2.24) is 18.8 Å². The minimum absolute atomic E-state index is 0.00965. The fourth-order valence-corrected chi connectivity index (χ4v) is 8.35. The first kappa shape index (κ1) is 27.7. The third-order valence-electron chi connectivity index (χ3n) is 7.12. The summed E-state index contributed by atoms with van der Waals surface area (Å²) in [6, 6.07) is 5.47. The number of pyridine rings is 2. The maximum atomic E-state index is 13.3. The van der Waals surface area contributed by atoms with E-state index in [0.717, 1.165) is 43.9 Å². The van der Waals surface area contributed by atoms with Gasteiger partial charge in [0.15, 0.2) is 0 Å². The molecule has 5 rings (SSSR count). The topological polar surface area (TPSA) is 83.4 Å². The molecule has 0 bridgehead atoms. The zero-order valence-corrected chi connectivity index (χ0v) is 25.6. The van der Waals surface area contributed by atoms with Crippen LogP contribution >= 0.6 is 32.8 Å². The van der Waals surface area contributed by atoms with Crippen LogP contribution in [0.4, 0.5) is 11.5 Å². The number of hydrogen-bond donors (Lipinski definition) is 1. The zero-order valence-electron chi connectivity index (χ0n) is 22.1. The Labute approximate surface area is 236 Å². The summed E-state index contributed by atoms with van der Waals surface area (Å²) in [6.45, 7) is 10.8. The van der Waals surface area contributed by atoms with Crippen LogP contribution in [0.15, 0.2) is 47.9 Å². The standard InChI is InChI=1S/C26H34ClN6O2PS2/c1-17(2)37-32-10-6-20(15-32)38(34,35)30-21-5-9-28-23(27)22(21)25(36)33-12-11-31(16-26(33)7-8-26)24-19(4)13-18(3)14-29-24/h5-6,9-10,13-15,17,25H,7-8,11-12,16,36H2,1-4H3,(H,28,30). The van der Waals surface area contributed by atoms with Crippen LogP contribution in [0.25, 0.3) is 0 Å². The highest BCUT2D eigenvalue weighted by molar-refractivity contribution is 7.98. The molecule has 38 heavy (non-hydrogen) atoms. The highest BCUT2D eigenvalue weighted by atomic mass is 35.5. The largest absolute Gasteiger partial charge is 0.353 e. The second-order valence-corrected chi connectivity index (χ2v) is 14.7. The third kappa shape index (κ3) is 5.56. The molecule has 1 N–H and O–H groups in total. The van der Waals surface area contributed by atoms with Gasteiger partial charge in [0.25, 0.3) is 10.0 Å². The molecule has 3 aromatic rings. The van der Waals surface area contributed by atoms with Crippen LogP contribution in [0, 0.1) is 13.8 Å². The van der Waals surface area contributed by atoms with Crippen molar-refractivity contribution in [1.29, 1.82) is 0 Å². The molecule has 2 aliphatic rings. The van der Waals surface area contributed by atoms with E-state index in [4.69, 9.17) is 16.6 Å². The van der Waals surface area contributed by atoms with Crippen LogP contribution in [-0.2, 0) is 10.0 Å². The van der Waals surface area contributed by atoms with Gasteiger partial charge in [-0.25, -0.2) is 18.4 Å². The predicted octanol–water partition coefficient (Wildman–Crippen LogP) is 5.48. The molecular formula is C26H34ClN6O2PS2. The normalized spacial score (nSPS) is 18.2. The average molecular weight is 593 g/mol. The van der Waals surface area contributed by atoms with E-state index in [1.54, 1.807) is 36.5 Å². The summed E-state index contributed by atoms with van der Waals surface area (Å²) in [5.41, 5.74) is 3.45. The van der Waals surface area contributed by atoms with Crippen molar-refractivity contribution >= 4 is 54.3 Å². The summed E-state index contributed by atoms with van der Waals surface area (Å²) in [6.07, 6.45) is 9.00. The van der Waals surface area contributed by atoms with Crippen LogP contribution < -0.4 is 9.62 Å². The van der Waals surface area contributed by atoms with E-state index in [9.17, 15) is 8.42 Å². The maximum Gasteiger partial charge on any atom is 0.263 e. The molecule has 0 aromatic carbocycles. The van der Waals surface area contributed by atoms with Crippen LogP contribution in [0.1, 0.15) is 49.2 Å². The van der Waals surface area contributed by atoms with E-state index in [1.807, 2.05) is 10.2 Å². The lowest BCUT2D eigenvalue weighted by Gasteiger charge is -2.46. The van der Waals surface area contributed by atoms with Gasteiger partial charge in [0.05, 0.1) is 11.5 Å². The molecule has 4 heterocycles. The number of rotatable bonds is 8. The van der Waals surface area contributed by atoms with Gasteiger partial charge in [-0.2, -0.15) is 0 Å². The van der Waals surface area contributed by atoms with Crippen molar-refractivity contribution < 1.29 is 8.42 Å². The quantitative estimate of drug-likeness (QED) is 0.274. The smallest absolute Gasteiger partial charge is 0.263 e. The molecule has 1 spiro atoms. The molecule has 0 amide bonds. The lowest BCUT2D eigenvalue weighted by Crippen LogP contribution is -2.55. The lowest BCUT2D eigenvalue weighted by molar-refractivity contribution is 0.143. The van der Waals surface area contributed by atoms with Crippen molar-refractivity contribution in [3.05, 3.63) is 64.8 Å². The fourth-order valence-electron chi connectivity index (χ4n) is 5.24. The number of piperazine rings is 1. The minimum atomic E-state index is -3.81.